The fraction of sp³-hybridized carbons (Fsp3) is 1.00. The van der Waals surface area contributed by atoms with Gasteiger partial charge in [0.2, 0.25) is 0 Å². The molecule has 0 amide bonds. The van der Waals surface area contributed by atoms with Gasteiger partial charge in [-0.2, -0.15) is 0 Å². The predicted octanol–water partition coefficient (Wildman–Crippen LogP) is 2.58. The van der Waals surface area contributed by atoms with Crippen LogP contribution >= 0.6 is 0 Å². The molecule has 0 saturated heterocycles. The van der Waals surface area contributed by atoms with E-state index >= 15 is 0 Å². The molecule has 0 spiro atoms. The van der Waals surface area contributed by atoms with Gasteiger partial charge in [0, 0.05) is 19.2 Å². The molecule has 2 unspecified atom stereocenters. The summed E-state index contributed by atoms with van der Waals surface area (Å²) in [5, 5.41) is 3.50. The summed E-state index contributed by atoms with van der Waals surface area (Å²) in [6, 6.07) is 0.631. The van der Waals surface area contributed by atoms with Crippen molar-refractivity contribution in [1.29, 1.82) is 0 Å². The first kappa shape index (κ1) is 12.0. The summed E-state index contributed by atoms with van der Waals surface area (Å²) in [5.74, 6) is 0.880. The Morgan fingerprint density at radius 2 is 2.07 bits per heavy atom. The molecule has 1 fully saturated rings. The van der Waals surface area contributed by atoms with Crippen molar-refractivity contribution in [2.24, 2.45) is 5.92 Å². The van der Waals surface area contributed by atoms with Gasteiger partial charge in [0.25, 0.3) is 0 Å². The number of hydrogen-bond acceptors (Lipinski definition) is 2. The van der Waals surface area contributed by atoms with Crippen LogP contribution in [-0.4, -0.2) is 25.3 Å². The Bertz CT molecular complexity index is 145. The smallest absolute Gasteiger partial charge is 0.0671 e. The van der Waals surface area contributed by atoms with Gasteiger partial charge in [0.05, 0.1) is 6.10 Å². The summed E-state index contributed by atoms with van der Waals surface area (Å²) >= 11 is 0. The minimum atomic E-state index is 0.370. The lowest BCUT2D eigenvalue weighted by Crippen LogP contribution is -2.33. The van der Waals surface area contributed by atoms with Crippen LogP contribution in [0.25, 0.3) is 0 Å². The molecule has 1 N–H and O–H groups in total. The lowest BCUT2D eigenvalue weighted by atomic mass is 10.2. The first-order chi connectivity index (χ1) is 6.72. The predicted molar refractivity (Wildman–Crippen MR) is 60.5 cm³/mol. The van der Waals surface area contributed by atoms with Crippen LogP contribution in [0, 0.1) is 5.92 Å². The molecule has 0 radical (unpaired) electrons. The molecular weight excluding hydrogens is 174 g/mol. The second kappa shape index (κ2) is 6.41. The third-order valence-electron chi connectivity index (χ3n) is 2.79. The molecular formula is C12H25NO. The third-order valence-corrected chi connectivity index (χ3v) is 2.79. The number of ether oxygens (including phenoxy) is 1. The fourth-order valence-corrected chi connectivity index (χ4v) is 1.55. The van der Waals surface area contributed by atoms with Crippen molar-refractivity contribution in [3.8, 4) is 0 Å². The van der Waals surface area contributed by atoms with E-state index in [0.717, 1.165) is 19.1 Å². The standard InChI is InChI=1S/C12H25NO/c1-4-5-10(2)13-8-11(3)14-9-12-6-7-12/h10-13H,4-9H2,1-3H3. The summed E-state index contributed by atoms with van der Waals surface area (Å²) in [6.45, 7) is 8.61. The minimum absolute atomic E-state index is 0.370. The molecule has 1 aliphatic carbocycles. The van der Waals surface area contributed by atoms with E-state index < -0.39 is 0 Å². The van der Waals surface area contributed by atoms with Crippen molar-refractivity contribution in [2.75, 3.05) is 13.2 Å². The van der Waals surface area contributed by atoms with Crippen molar-refractivity contribution < 1.29 is 4.74 Å². The number of nitrogens with one attached hydrogen (secondary N) is 1. The molecule has 0 bridgehead atoms. The Balaban J connectivity index is 1.92. The maximum absolute atomic E-state index is 5.73. The molecule has 2 heteroatoms. The van der Waals surface area contributed by atoms with E-state index in [9.17, 15) is 0 Å². The molecule has 0 aromatic rings. The van der Waals surface area contributed by atoms with Crippen molar-refractivity contribution in [2.45, 2.75) is 58.6 Å². The van der Waals surface area contributed by atoms with Gasteiger partial charge in [-0.25, -0.2) is 0 Å². The quantitative estimate of drug-likeness (QED) is 0.649. The Hall–Kier alpha value is -0.0800. The Labute approximate surface area is 88.4 Å². The lowest BCUT2D eigenvalue weighted by Gasteiger charge is -2.17. The zero-order chi connectivity index (χ0) is 10.4. The maximum atomic E-state index is 5.73. The van der Waals surface area contributed by atoms with Gasteiger partial charge < -0.3 is 10.1 Å². The number of hydrogen-bond donors (Lipinski definition) is 1. The highest BCUT2D eigenvalue weighted by Gasteiger charge is 2.22. The minimum Gasteiger partial charge on any atom is -0.377 e. The van der Waals surface area contributed by atoms with Crippen LogP contribution < -0.4 is 5.32 Å². The van der Waals surface area contributed by atoms with E-state index in [-0.39, 0.29) is 0 Å². The zero-order valence-electron chi connectivity index (χ0n) is 9.88. The Morgan fingerprint density at radius 3 is 2.64 bits per heavy atom. The first-order valence-electron chi connectivity index (χ1n) is 6.07. The molecule has 84 valence electrons. The molecule has 0 heterocycles. The first-order valence-corrected chi connectivity index (χ1v) is 6.07. The van der Waals surface area contributed by atoms with E-state index in [4.69, 9.17) is 4.74 Å². The highest BCUT2D eigenvalue weighted by Crippen LogP contribution is 2.29. The van der Waals surface area contributed by atoms with E-state index in [2.05, 4.69) is 26.1 Å². The third kappa shape index (κ3) is 5.61. The second-order valence-corrected chi connectivity index (χ2v) is 4.69. The maximum Gasteiger partial charge on any atom is 0.0671 e. The molecule has 2 nitrogen and oxygen atoms in total. The van der Waals surface area contributed by atoms with Gasteiger partial charge in [-0.15, -0.1) is 0 Å². The van der Waals surface area contributed by atoms with Gasteiger partial charge >= 0.3 is 0 Å². The summed E-state index contributed by atoms with van der Waals surface area (Å²) < 4.78 is 5.73. The van der Waals surface area contributed by atoms with Crippen molar-refractivity contribution in [3.63, 3.8) is 0 Å². The topological polar surface area (TPSA) is 21.3 Å². The van der Waals surface area contributed by atoms with Gasteiger partial charge in [-0.1, -0.05) is 13.3 Å². The fourth-order valence-electron chi connectivity index (χ4n) is 1.55. The van der Waals surface area contributed by atoms with Crippen molar-refractivity contribution in [3.05, 3.63) is 0 Å². The van der Waals surface area contributed by atoms with Crippen LogP contribution in [0.3, 0.4) is 0 Å². The molecule has 2 atom stereocenters. The van der Waals surface area contributed by atoms with Crippen molar-refractivity contribution >= 4 is 0 Å². The Morgan fingerprint density at radius 1 is 1.36 bits per heavy atom. The van der Waals surface area contributed by atoms with Crippen LogP contribution in [0.2, 0.25) is 0 Å². The van der Waals surface area contributed by atoms with Gasteiger partial charge in [0.1, 0.15) is 0 Å². The van der Waals surface area contributed by atoms with Gasteiger partial charge in [-0.05, 0) is 39.0 Å². The molecule has 1 saturated carbocycles. The lowest BCUT2D eigenvalue weighted by molar-refractivity contribution is 0.0566. The molecule has 0 aliphatic heterocycles. The second-order valence-electron chi connectivity index (χ2n) is 4.69. The molecule has 1 rings (SSSR count). The monoisotopic (exact) mass is 199 g/mol. The van der Waals surface area contributed by atoms with Crippen molar-refractivity contribution in [1.82, 2.24) is 5.32 Å². The van der Waals surface area contributed by atoms with Crippen LogP contribution in [0.4, 0.5) is 0 Å². The van der Waals surface area contributed by atoms with Crippen LogP contribution in [0.5, 0.6) is 0 Å². The molecule has 1 aliphatic rings. The summed E-state index contributed by atoms with van der Waals surface area (Å²) in [6.07, 6.45) is 5.65. The van der Waals surface area contributed by atoms with E-state index in [1.807, 2.05) is 0 Å². The average Bonchev–Trinajstić information content (AvgIpc) is 2.95. The van der Waals surface area contributed by atoms with Crippen LogP contribution in [-0.2, 0) is 4.74 Å². The highest BCUT2D eigenvalue weighted by molar-refractivity contribution is 4.73. The number of rotatable bonds is 8. The average molecular weight is 199 g/mol. The zero-order valence-corrected chi connectivity index (χ0v) is 9.88. The summed E-state index contributed by atoms with van der Waals surface area (Å²) in [7, 11) is 0. The van der Waals surface area contributed by atoms with Crippen LogP contribution in [0.15, 0.2) is 0 Å². The SMILES string of the molecule is CCCC(C)NCC(C)OCC1CC1. The van der Waals surface area contributed by atoms with Crippen LogP contribution in [0.1, 0.15) is 46.5 Å². The Kier molecular flexibility index (Phi) is 5.49. The normalized spacial score (nSPS) is 20.8. The van der Waals surface area contributed by atoms with Gasteiger partial charge in [-0.3, -0.25) is 0 Å². The molecule has 14 heavy (non-hydrogen) atoms. The van der Waals surface area contributed by atoms with Gasteiger partial charge in [0.15, 0.2) is 0 Å². The van der Waals surface area contributed by atoms with E-state index in [1.165, 1.54) is 25.7 Å². The summed E-state index contributed by atoms with van der Waals surface area (Å²) in [5.41, 5.74) is 0. The molecule has 0 aromatic carbocycles. The van der Waals surface area contributed by atoms with E-state index in [1.54, 1.807) is 0 Å². The van der Waals surface area contributed by atoms with E-state index in [0.29, 0.717) is 12.1 Å². The summed E-state index contributed by atoms with van der Waals surface area (Å²) in [4.78, 5) is 0. The molecule has 0 aromatic heterocycles. The highest BCUT2D eigenvalue weighted by atomic mass is 16.5. The largest absolute Gasteiger partial charge is 0.377 e.